The number of nitrogens with one attached hydrogen (secondary N) is 2. The van der Waals surface area contributed by atoms with Crippen molar-refractivity contribution >= 4 is 21.9 Å². The molecule has 0 saturated heterocycles. The van der Waals surface area contributed by atoms with Gasteiger partial charge in [0.1, 0.15) is 18.4 Å². The molecule has 0 aliphatic rings. The number of amides is 1. The van der Waals surface area contributed by atoms with E-state index in [1.807, 2.05) is 4.72 Å². The van der Waals surface area contributed by atoms with Crippen LogP contribution in [0.4, 0.5) is 4.39 Å². The molecule has 2 N–H and O–H groups in total. The third-order valence-corrected chi connectivity index (χ3v) is 4.93. The summed E-state index contributed by atoms with van der Waals surface area (Å²) in [6, 6.07) is 12.8. The van der Waals surface area contributed by atoms with E-state index in [-0.39, 0.29) is 17.0 Å². The van der Waals surface area contributed by atoms with Crippen LogP contribution in [-0.2, 0) is 30.9 Å². The van der Waals surface area contributed by atoms with Crippen molar-refractivity contribution < 1.29 is 27.1 Å². The maximum Gasteiger partial charge on any atom is 0.321 e. The first-order valence-corrected chi connectivity index (χ1v) is 9.45. The maximum atomic E-state index is 12.8. The van der Waals surface area contributed by atoms with Gasteiger partial charge >= 0.3 is 5.97 Å². The van der Waals surface area contributed by atoms with E-state index in [0.717, 1.165) is 0 Å². The lowest BCUT2D eigenvalue weighted by atomic mass is 10.2. The van der Waals surface area contributed by atoms with Gasteiger partial charge in [0.25, 0.3) is 5.91 Å². The number of sulfonamides is 1. The van der Waals surface area contributed by atoms with E-state index < -0.39 is 40.9 Å². The Kier molecular flexibility index (Phi) is 7.20. The Labute approximate surface area is 161 Å². The van der Waals surface area contributed by atoms with Crippen molar-refractivity contribution in [1.82, 2.24) is 10.0 Å². The zero-order valence-corrected chi connectivity index (χ0v) is 15.3. The molecule has 0 saturated carbocycles. The molecule has 8 nitrogen and oxygen atoms in total. The van der Waals surface area contributed by atoms with Gasteiger partial charge in [-0.2, -0.15) is 9.98 Å². The van der Waals surface area contributed by atoms with Crippen molar-refractivity contribution in [3.63, 3.8) is 0 Å². The van der Waals surface area contributed by atoms with Gasteiger partial charge in [-0.05, 0) is 29.8 Å². The van der Waals surface area contributed by atoms with Crippen LogP contribution in [0.3, 0.4) is 0 Å². The topological polar surface area (TPSA) is 125 Å². The summed E-state index contributed by atoms with van der Waals surface area (Å²) in [4.78, 5) is 23.1. The number of carbonyl (C=O) groups excluding carboxylic acids is 2. The van der Waals surface area contributed by atoms with E-state index in [1.165, 1.54) is 48.5 Å². The van der Waals surface area contributed by atoms with E-state index in [0.29, 0.717) is 5.56 Å². The molecule has 2 aromatic carbocycles. The lowest BCUT2D eigenvalue weighted by molar-refractivity contribution is -0.147. The molecule has 0 aliphatic carbocycles. The second-order valence-electron chi connectivity index (χ2n) is 5.50. The van der Waals surface area contributed by atoms with Gasteiger partial charge in [0, 0.05) is 6.54 Å². The monoisotopic (exact) mass is 405 g/mol. The van der Waals surface area contributed by atoms with Crippen LogP contribution in [0, 0.1) is 17.1 Å². The minimum Gasteiger partial charge on any atom is -0.455 e. The third kappa shape index (κ3) is 6.15. The second-order valence-corrected chi connectivity index (χ2v) is 7.23. The summed E-state index contributed by atoms with van der Waals surface area (Å²) in [5.41, 5.74) is 0.591. The highest BCUT2D eigenvalue weighted by Gasteiger charge is 2.19. The summed E-state index contributed by atoms with van der Waals surface area (Å²) in [6.07, 6.45) is 0. The van der Waals surface area contributed by atoms with Crippen LogP contribution in [0.5, 0.6) is 0 Å². The van der Waals surface area contributed by atoms with E-state index in [9.17, 15) is 22.4 Å². The first-order chi connectivity index (χ1) is 13.3. The highest BCUT2D eigenvalue weighted by Crippen LogP contribution is 2.13. The zero-order valence-electron chi connectivity index (χ0n) is 14.5. The maximum absolute atomic E-state index is 12.8. The highest BCUT2D eigenvalue weighted by atomic mass is 32.2. The SMILES string of the molecule is N#Cc1ccccc1S(=O)(=O)NCC(=O)OCC(=O)NCc1ccc(F)cc1. The van der Waals surface area contributed by atoms with E-state index in [4.69, 9.17) is 10.00 Å². The van der Waals surface area contributed by atoms with E-state index >= 15 is 0 Å². The lowest BCUT2D eigenvalue weighted by Gasteiger charge is -2.09. The van der Waals surface area contributed by atoms with Gasteiger partial charge in [0.15, 0.2) is 6.61 Å². The molecular weight excluding hydrogens is 389 g/mol. The van der Waals surface area contributed by atoms with Crippen molar-refractivity contribution in [2.24, 2.45) is 0 Å². The highest BCUT2D eigenvalue weighted by molar-refractivity contribution is 7.89. The van der Waals surface area contributed by atoms with Gasteiger partial charge in [0.05, 0.1) is 10.5 Å². The van der Waals surface area contributed by atoms with E-state index in [1.54, 1.807) is 6.07 Å². The molecule has 0 fully saturated rings. The number of nitrogens with zero attached hydrogens (tertiary/aromatic N) is 1. The van der Waals surface area contributed by atoms with Gasteiger partial charge < -0.3 is 10.1 Å². The minimum atomic E-state index is -4.09. The Bertz CT molecular complexity index is 1000. The van der Waals surface area contributed by atoms with Gasteiger partial charge in [-0.3, -0.25) is 9.59 Å². The summed E-state index contributed by atoms with van der Waals surface area (Å²) in [5, 5.41) is 11.4. The Morgan fingerprint density at radius 3 is 2.46 bits per heavy atom. The van der Waals surface area contributed by atoms with Crippen molar-refractivity contribution in [3.8, 4) is 6.07 Å². The fraction of sp³-hybridized carbons (Fsp3) is 0.167. The standard InChI is InChI=1S/C18H16FN3O5S/c19-15-7-5-13(6-8-15)10-21-17(23)12-27-18(24)11-22-28(25,26)16-4-2-1-3-14(16)9-20/h1-8,22H,10-12H2,(H,21,23). The molecule has 0 aromatic heterocycles. The van der Waals surface area contributed by atoms with Crippen LogP contribution < -0.4 is 10.0 Å². The largest absolute Gasteiger partial charge is 0.455 e. The van der Waals surface area contributed by atoms with Crippen LogP contribution in [0.15, 0.2) is 53.4 Å². The Morgan fingerprint density at radius 1 is 1.11 bits per heavy atom. The summed E-state index contributed by atoms with van der Waals surface area (Å²) in [5.74, 6) is -1.96. The molecule has 1 amide bonds. The number of hydrogen-bond donors (Lipinski definition) is 2. The van der Waals surface area contributed by atoms with E-state index in [2.05, 4.69) is 5.32 Å². The van der Waals surface area contributed by atoms with Crippen LogP contribution in [0.2, 0.25) is 0 Å². The molecule has 0 unspecified atom stereocenters. The average molecular weight is 405 g/mol. The van der Waals surface area contributed by atoms with Crippen LogP contribution in [0.1, 0.15) is 11.1 Å². The van der Waals surface area contributed by atoms with Crippen LogP contribution in [-0.4, -0.2) is 33.4 Å². The predicted molar refractivity (Wildman–Crippen MR) is 95.6 cm³/mol. The quantitative estimate of drug-likeness (QED) is 0.627. The fourth-order valence-electron chi connectivity index (χ4n) is 2.08. The van der Waals surface area contributed by atoms with Gasteiger partial charge in [0.2, 0.25) is 10.0 Å². The number of rotatable bonds is 8. The first kappa shape index (κ1) is 21.0. The average Bonchev–Trinajstić information content (AvgIpc) is 2.70. The lowest BCUT2D eigenvalue weighted by Crippen LogP contribution is -2.34. The summed E-state index contributed by atoms with van der Waals surface area (Å²) >= 11 is 0. The van der Waals surface area contributed by atoms with Crippen LogP contribution >= 0.6 is 0 Å². The molecule has 0 radical (unpaired) electrons. The first-order valence-electron chi connectivity index (χ1n) is 7.97. The van der Waals surface area contributed by atoms with Gasteiger partial charge in [-0.15, -0.1) is 0 Å². The van der Waals surface area contributed by atoms with Crippen molar-refractivity contribution in [2.75, 3.05) is 13.2 Å². The van der Waals surface area contributed by atoms with Crippen molar-refractivity contribution in [1.29, 1.82) is 5.26 Å². The van der Waals surface area contributed by atoms with Gasteiger partial charge in [-0.1, -0.05) is 24.3 Å². The van der Waals surface area contributed by atoms with Crippen LogP contribution in [0.25, 0.3) is 0 Å². The molecule has 28 heavy (non-hydrogen) atoms. The summed E-state index contributed by atoms with van der Waals surface area (Å²) < 4.78 is 43.8. The molecule has 0 bridgehead atoms. The molecule has 0 spiro atoms. The number of benzene rings is 2. The molecule has 0 atom stereocenters. The third-order valence-electron chi connectivity index (χ3n) is 3.47. The Hall–Kier alpha value is -3.29. The second kappa shape index (κ2) is 9.59. The van der Waals surface area contributed by atoms with Crippen molar-refractivity contribution in [2.45, 2.75) is 11.4 Å². The Balaban J connectivity index is 1.78. The number of hydrogen-bond acceptors (Lipinski definition) is 6. The molecule has 0 aliphatic heterocycles. The molecule has 2 rings (SSSR count). The number of ether oxygens (including phenoxy) is 1. The summed E-state index contributed by atoms with van der Waals surface area (Å²) in [6.45, 7) is -1.18. The number of halogens is 1. The molecule has 2 aromatic rings. The molecule has 10 heteroatoms. The minimum absolute atomic E-state index is 0.0662. The zero-order chi connectivity index (χ0) is 20.6. The smallest absolute Gasteiger partial charge is 0.321 e. The molecular formula is C18H16FN3O5S. The molecule has 146 valence electrons. The fourth-order valence-corrected chi connectivity index (χ4v) is 3.20. The summed E-state index contributed by atoms with van der Waals surface area (Å²) in [7, 11) is -4.09. The Morgan fingerprint density at radius 2 is 1.79 bits per heavy atom. The number of carbonyl (C=O) groups is 2. The van der Waals surface area contributed by atoms with Crippen molar-refractivity contribution in [3.05, 3.63) is 65.5 Å². The normalized spacial score (nSPS) is 10.7. The molecule has 0 heterocycles. The predicted octanol–water partition coefficient (Wildman–Crippen LogP) is 0.835. The number of esters is 1. The number of nitriles is 1. The van der Waals surface area contributed by atoms with Gasteiger partial charge in [-0.25, -0.2) is 12.8 Å².